The van der Waals surface area contributed by atoms with Crippen molar-refractivity contribution in [3.05, 3.63) is 151 Å². The number of benzene rings is 6. The lowest BCUT2D eigenvalue weighted by atomic mass is 9.72. The highest BCUT2D eigenvalue weighted by Gasteiger charge is 2.50. The van der Waals surface area contributed by atoms with Crippen LogP contribution in [-0.2, 0) is 5.41 Å². The summed E-state index contributed by atoms with van der Waals surface area (Å²) in [5.74, 6) is 0.355. The van der Waals surface area contributed by atoms with Crippen LogP contribution in [0.5, 0.6) is 5.75 Å². The van der Waals surface area contributed by atoms with E-state index in [1.165, 1.54) is 21.6 Å². The van der Waals surface area contributed by atoms with Gasteiger partial charge < -0.3 is 5.11 Å². The Morgan fingerprint density at radius 2 is 1.26 bits per heavy atom. The zero-order valence-electron chi connectivity index (χ0n) is 21.5. The van der Waals surface area contributed by atoms with Crippen molar-refractivity contribution in [2.45, 2.75) is 11.8 Å². The molecule has 1 saturated heterocycles. The molecule has 0 radical (unpaired) electrons. The molecule has 3 heteroatoms. The topological polar surface area (TPSA) is 32.6 Å². The highest BCUT2D eigenvalue weighted by molar-refractivity contribution is 7.82. The summed E-state index contributed by atoms with van der Waals surface area (Å²) in [5, 5.41) is 17.5. The second-order valence-electron chi connectivity index (χ2n) is 10.2. The van der Waals surface area contributed by atoms with Gasteiger partial charge in [-0.05, 0) is 59.7 Å². The van der Waals surface area contributed by atoms with Crippen molar-refractivity contribution < 1.29 is 5.11 Å². The van der Waals surface area contributed by atoms with E-state index >= 15 is 0 Å². The lowest BCUT2D eigenvalue weighted by molar-refractivity contribution is 0.464. The summed E-state index contributed by atoms with van der Waals surface area (Å²) in [6.45, 7) is 0. The van der Waals surface area contributed by atoms with Gasteiger partial charge in [-0.3, -0.25) is 4.99 Å². The maximum absolute atomic E-state index is 11.9. The number of aliphatic imine (C=N–C) groups is 1. The monoisotopic (exact) mass is 521 g/mol. The Labute approximate surface area is 230 Å². The molecule has 0 saturated carbocycles. The Morgan fingerprint density at radius 3 is 2.05 bits per heavy atom. The van der Waals surface area contributed by atoms with Gasteiger partial charge in [0.2, 0.25) is 0 Å². The van der Waals surface area contributed by atoms with E-state index < -0.39 is 13.3 Å². The molecule has 0 amide bonds. The minimum atomic E-state index is -0.722. The molecule has 2 atom stereocenters. The fourth-order valence-corrected chi connectivity index (χ4v) is 8.98. The van der Waals surface area contributed by atoms with Crippen molar-refractivity contribution in [2.75, 3.05) is 6.16 Å². The Balaban J connectivity index is 1.53. The van der Waals surface area contributed by atoms with Crippen LogP contribution in [-0.4, -0.2) is 16.7 Å². The highest BCUT2D eigenvalue weighted by Crippen LogP contribution is 2.60. The van der Waals surface area contributed by atoms with E-state index in [0.717, 1.165) is 40.1 Å². The summed E-state index contributed by atoms with van der Waals surface area (Å²) < 4.78 is 0. The Kier molecular flexibility index (Phi) is 5.99. The molecule has 2 nitrogen and oxygen atoms in total. The molecule has 1 aliphatic rings. The van der Waals surface area contributed by atoms with Crippen LogP contribution in [0.15, 0.2) is 145 Å². The zero-order chi connectivity index (χ0) is 26.2. The summed E-state index contributed by atoms with van der Waals surface area (Å²) in [6.07, 6.45) is 1.89. The number of phenols is 1. The van der Waals surface area contributed by atoms with Gasteiger partial charge in [-0.15, -0.1) is 0 Å². The normalized spacial score (nSPS) is 20.1. The quantitative estimate of drug-likeness (QED) is 0.231. The number of rotatable bonds is 4. The molecular weight excluding hydrogens is 493 g/mol. The van der Waals surface area contributed by atoms with Crippen LogP contribution in [0, 0.1) is 0 Å². The summed E-state index contributed by atoms with van der Waals surface area (Å²) in [6, 6.07) is 48.8. The highest BCUT2D eigenvalue weighted by atomic mass is 31.1. The van der Waals surface area contributed by atoms with Gasteiger partial charge >= 0.3 is 0 Å². The third-order valence-electron chi connectivity index (χ3n) is 8.01. The van der Waals surface area contributed by atoms with E-state index in [-0.39, 0.29) is 0 Å². The maximum atomic E-state index is 11.9. The van der Waals surface area contributed by atoms with Crippen molar-refractivity contribution in [2.24, 2.45) is 4.99 Å². The predicted octanol–water partition coefficient (Wildman–Crippen LogP) is 8.93. The second kappa shape index (κ2) is 9.80. The standard InChI is InChI=1S/C36H28NOP/c38-34-32-18-10-9-12-27(32)20-22-33(34)36(29-14-3-1-4-15-29)23-24-39(31-16-5-2-6-17-31)35(36)37-30-21-19-26-11-7-8-13-28(26)25-30/h1-22,25,38H,23-24H2. The fourth-order valence-electron chi connectivity index (χ4n) is 6.12. The summed E-state index contributed by atoms with van der Waals surface area (Å²) >= 11 is 0. The minimum Gasteiger partial charge on any atom is -0.507 e. The van der Waals surface area contributed by atoms with Crippen molar-refractivity contribution in [3.63, 3.8) is 0 Å². The predicted molar refractivity (Wildman–Crippen MR) is 166 cm³/mol. The Bertz CT molecular complexity index is 1830. The lowest BCUT2D eigenvalue weighted by Crippen LogP contribution is -2.33. The van der Waals surface area contributed by atoms with Crippen LogP contribution < -0.4 is 5.30 Å². The average molecular weight is 522 g/mol. The molecule has 0 bridgehead atoms. The van der Waals surface area contributed by atoms with E-state index in [2.05, 4.69) is 121 Å². The van der Waals surface area contributed by atoms with Gasteiger partial charge in [0.25, 0.3) is 0 Å². The SMILES string of the molecule is Oc1c(C2(c3ccccc3)CCP(c3ccccc3)C2=Nc2ccc3ccccc3c2)ccc2ccccc12. The lowest BCUT2D eigenvalue weighted by Gasteiger charge is -2.33. The number of hydrogen-bond acceptors (Lipinski definition) is 2. The molecule has 0 aliphatic carbocycles. The van der Waals surface area contributed by atoms with E-state index in [9.17, 15) is 5.11 Å². The van der Waals surface area contributed by atoms with Crippen LogP contribution in [0.3, 0.4) is 0 Å². The van der Waals surface area contributed by atoms with Gasteiger partial charge in [-0.1, -0.05) is 127 Å². The zero-order valence-corrected chi connectivity index (χ0v) is 22.4. The van der Waals surface area contributed by atoms with Gasteiger partial charge in [-0.25, -0.2) is 0 Å². The molecule has 1 aliphatic heterocycles. The molecule has 7 rings (SSSR count). The molecule has 39 heavy (non-hydrogen) atoms. The molecule has 2 unspecified atom stereocenters. The van der Waals surface area contributed by atoms with Crippen LogP contribution >= 0.6 is 7.92 Å². The van der Waals surface area contributed by atoms with Crippen LogP contribution in [0.2, 0.25) is 0 Å². The third-order valence-corrected chi connectivity index (χ3v) is 10.6. The largest absolute Gasteiger partial charge is 0.507 e. The first-order valence-electron chi connectivity index (χ1n) is 13.4. The minimum absolute atomic E-state index is 0.355. The number of hydrogen-bond donors (Lipinski definition) is 1. The molecule has 1 N–H and O–H groups in total. The summed E-state index contributed by atoms with van der Waals surface area (Å²) in [5.41, 5.74) is 3.68. The molecule has 6 aromatic rings. The summed E-state index contributed by atoms with van der Waals surface area (Å²) in [7, 11) is -0.722. The number of aromatic hydroxyl groups is 1. The molecule has 0 aromatic heterocycles. The van der Waals surface area contributed by atoms with Gasteiger partial charge in [0.15, 0.2) is 0 Å². The summed E-state index contributed by atoms with van der Waals surface area (Å²) in [4.78, 5) is 5.53. The average Bonchev–Trinajstić information content (AvgIpc) is 3.37. The van der Waals surface area contributed by atoms with E-state index in [4.69, 9.17) is 4.99 Å². The van der Waals surface area contributed by atoms with Crippen LogP contribution in [0.25, 0.3) is 21.5 Å². The first-order valence-corrected chi connectivity index (χ1v) is 14.9. The molecule has 188 valence electrons. The number of nitrogens with zero attached hydrogens (tertiary/aromatic N) is 1. The molecule has 1 heterocycles. The fraction of sp³-hybridized carbons (Fsp3) is 0.0833. The van der Waals surface area contributed by atoms with Crippen molar-refractivity contribution in [1.29, 1.82) is 0 Å². The Hall–Kier alpha value is -4.26. The number of fused-ring (bicyclic) bond motifs is 2. The molecule has 0 spiro atoms. The van der Waals surface area contributed by atoms with Gasteiger partial charge in [0, 0.05) is 10.9 Å². The molecular formula is C36H28NOP. The van der Waals surface area contributed by atoms with Gasteiger partial charge in [-0.2, -0.15) is 0 Å². The first-order chi connectivity index (χ1) is 19.2. The Morgan fingerprint density at radius 1 is 0.615 bits per heavy atom. The molecule has 6 aromatic carbocycles. The number of phenolic OH excluding ortho intramolecular Hbond substituents is 1. The smallest absolute Gasteiger partial charge is 0.127 e. The van der Waals surface area contributed by atoms with E-state index in [1.54, 1.807) is 0 Å². The van der Waals surface area contributed by atoms with Crippen molar-refractivity contribution >= 4 is 45.9 Å². The van der Waals surface area contributed by atoms with Crippen molar-refractivity contribution in [3.8, 4) is 5.75 Å². The first kappa shape index (κ1) is 23.8. The van der Waals surface area contributed by atoms with Gasteiger partial charge in [0.1, 0.15) is 5.75 Å². The molecule has 1 fully saturated rings. The van der Waals surface area contributed by atoms with Gasteiger partial charge in [0.05, 0.1) is 16.6 Å². The second-order valence-corrected chi connectivity index (χ2v) is 12.4. The van der Waals surface area contributed by atoms with Crippen LogP contribution in [0.4, 0.5) is 5.69 Å². The van der Waals surface area contributed by atoms with E-state index in [1.807, 2.05) is 18.2 Å². The maximum Gasteiger partial charge on any atom is 0.127 e. The van der Waals surface area contributed by atoms with Crippen molar-refractivity contribution in [1.82, 2.24) is 0 Å². The van der Waals surface area contributed by atoms with E-state index in [0.29, 0.717) is 5.75 Å². The third kappa shape index (κ3) is 4.04. The van der Waals surface area contributed by atoms with Crippen LogP contribution in [0.1, 0.15) is 17.5 Å².